The molecule has 1 aliphatic carbocycles. The van der Waals surface area contributed by atoms with Crippen LogP contribution >= 0.6 is 0 Å². The highest BCUT2D eigenvalue weighted by Gasteiger charge is 2.29. The van der Waals surface area contributed by atoms with E-state index in [0.29, 0.717) is 23.7 Å². The van der Waals surface area contributed by atoms with E-state index >= 15 is 0 Å². The van der Waals surface area contributed by atoms with Crippen molar-refractivity contribution in [3.8, 4) is 6.07 Å². The highest BCUT2D eigenvalue weighted by Crippen LogP contribution is 2.30. The van der Waals surface area contributed by atoms with E-state index in [1.54, 1.807) is 49.3 Å². The molecule has 2 aromatic carbocycles. The number of aromatic nitrogens is 1. The van der Waals surface area contributed by atoms with E-state index in [2.05, 4.69) is 16.0 Å². The van der Waals surface area contributed by atoms with Gasteiger partial charge in [0.05, 0.1) is 17.2 Å². The Morgan fingerprint density at radius 2 is 1.64 bits per heavy atom. The first-order valence-corrected chi connectivity index (χ1v) is 11.0. The Kier molecular flexibility index (Phi) is 6.62. The third-order valence-corrected chi connectivity index (χ3v) is 5.93. The van der Waals surface area contributed by atoms with Gasteiger partial charge >= 0.3 is 0 Å². The maximum absolute atomic E-state index is 13.0. The fraction of sp³-hybridized carbons (Fsp3) is 0.259. The number of carbonyl (C=O) groups is 2. The molecule has 166 valence electrons. The highest BCUT2D eigenvalue weighted by molar-refractivity contribution is 6.05. The molecular weight excluding hydrogens is 412 g/mol. The average Bonchev–Trinajstić information content (AvgIpc) is 3.69. The Morgan fingerprint density at radius 1 is 0.970 bits per heavy atom. The Bertz CT molecular complexity index is 1190. The standard InChI is InChI=1S/C27H26N4O2/c1-19(32)23-7-3-21(4-8-23)17-31(26-11-12-26)18-22-13-24(16-29-15-22)27(33)30(2)25-9-5-20(14-28)6-10-25/h3-10,13,15-16,26H,11-12,17-18H2,1-2H3. The summed E-state index contributed by atoms with van der Waals surface area (Å²) in [6.45, 7) is 3.06. The Hall–Kier alpha value is -3.82. The lowest BCUT2D eigenvalue weighted by Gasteiger charge is -2.23. The Balaban J connectivity index is 1.47. The second-order valence-electron chi connectivity index (χ2n) is 8.49. The number of pyridine rings is 1. The molecule has 4 rings (SSSR count). The normalized spacial score (nSPS) is 12.9. The van der Waals surface area contributed by atoms with Gasteiger partial charge in [-0.15, -0.1) is 0 Å². The number of benzene rings is 2. The van der Waals surface area contributed by atoms with Gasteiger partial charge in [-0.3, -0.25) is 19.5 Å². The summed E-state index contributed by atoms with van der Waals surface area (Å²) in [5.41, 5.74) is 4.67. The maximum Gasteiger partial charge on any atom is 0.259 e. The van der Waals surface area contributed by atoms with Crippen molar-refractivity contribution >= 4 is 17.4 Å². The Labute approximate surface area is 194 Å². The molecule has 1 amide bonds. The zero-order valence-corrected chi connectivity index (χ0v) is 18.9. The van der Waals surface area contributed by atoms with Crippen LogP contribution in [-0.2, 0) is 13.1 Å². The fourth-order valence-corrected chi connectivity index (χ4v) is 3.83. The summed E-state index contributed by atoms with van der Waals surface area (Å²) < 4.78 is 0. The molecule has 1 saturated carbocycles. The van der Waals surface area contributed by atoms with E-state index in [1.807, 2.05) is 36.5 Å². The monoisotopic (exact) mass is 438 g/mol. The van der Waals surface area contributed by atoms with Crippen LogP contribution in [0, 0.1) is 11.3 Å². The molecule has 0 radical (unpaired) electrons. The van der Waals surface area contributed by atoms with Gasteiger partial charge in [-0.05, 0) is 61.2 Å². The molecule has 1 aromatic heterocycles. The zero-order chi connectivity index (χ0) is 23.4. The van der Waals surface area contributed by atoms with Gasteiger partial charge < -0.3 is 4.90 Å². The number of Topliss-reactive ketones (excluding diaryl/α,β-unsaturated/α-hetero) is 1. The molecule has 0 saturated heterocycles. The lowest BCUT2D eigenvalue weighted by molar-refractivity contribution is 0.0989. The summed E-state index contributed by atoms with van der Waals surface area (Å²) in [7, 11) is 1.72. The SMILES string of the molecule is CC(=O)c1ccc(CN(Cc2cncc(C(=O)N(C)c3ccc(C#N)cc3)c2)C2CC2)cc1. The van der Waals surface area contributed by atoms with Crippen LogP contribution in [0.4, 0.5) is 5.69 Å². The number of hydrogen-bond donors (Lipinski definition) is 0. The molecule has 1 heterocycles. The zero-order valence-electron chi connectivity index (χ0n) is 18.9. The van der Waals surface area contributed by atoms with Crippen molar-refractivity contribution in [1.82, 2.24) is 9.88 Å². The summed E-state index contributed by atoms with van der Waals surface area (Å²) >= 11 is 0. The summed E-state index contributed by atoms with van der Waals surface area (Å²) in [4.78, 5) is 32.9. The van der Waals surface area contributed by atoms with Crippen molar-refractivity contribution in [2.75, 3.05) is 11.9 Å². The van der Waals surface area contributed by atoms with Gasteiger partial charge in [-0.1, -0.05) is 24.3 Å². The van der Waals surface area contributed by atoms with E-state index in [9.17, 15) is 9.59 Å². The van der Waals surface area contributed by atoms with Gasteiger partial charge in [0, 0.05) is 49.8 Å². The van der Waals surface area contributed by atoms with E-state index in [1.165, 1.54) is 12.8 Å². The van der Waals surface area contributed by atoms with E-state index < -0.39 is 0 Å². The minimum atomic E-state index is -0.146. The maximum atomic E-state index is 13.0. The van der Waals surface area contributed by atoms with Gasteiger partial charge in [0.2, 0.25) is 0 Å². The van der Waals surface area contributed by atoms with Crippen molar-refractivity contribution in [3.63, 3.8) is 0 Å². The second-order valence-corrected chi connectivity index (χ2v) is 8.49. The first kappa shape index (κ1) is 22.4. The van der Waals surface area contributed by atoms with Crippen molar-refractivity contribution < 1.29 is 9.59 Å². The van der Waals surface area contributed by atoms with Crippen LogP contribution in [0.2, 0.25) is 0 Å². The summed E-state index contributed by atoms with van der Waals surface area (Å²) in [5, 5.41) is 8.97. The summed E-state index contributed by atoms with van der Waals surface area (Å²) in [6, 6.07) is 19.2. The van der Waals surface area contributed by atoms with Gasteiger partial charge in [-0.25, -0.2) is 0 Å². The number of amides is 1. The number of nitrogens with zero attached hydrogens (tertiary/aromatic N) is 4. The number of carbonyl (C=O) groups excluding carboxylic acids is 2. The van der Waals surface area contributed by atoms with Crippen molar-refractivity contribution in [2.45, 2.75) is 38.9 Å². The molecule has 33 heavy (non-hydrogen) atoms. The van der Waals surface area contributed by atoms with Crippen LogP contribution < -0.4 is 4.90 Å². The molecule has 3 aromatic rings. The molecule has 0 atom stereocenters. The van der Waals surface area contributed by atoms with Crippen LogP contribution in [0.5, 0.6) is 0 Å². The molecule has 6 heteroatoms. The second kappa shape index (κ2) is 9.76. The highest BCUT2D eigenvalue weighted by atomic mass is 16.2. The molecule has 1 fully saturated rings. The number of hydrogen-bond acceptors (Lipinski definition) is 5. The quantitative estimate of drug-likeness (QED) is 0.481. The number of rotatable bonds is 8. The third kappa shape index (κ3) is 5.51. The average molecular weight is 439 g/mol. The first-order valence-electron chi connectivity index (χ1n) is 11.0. The lowest BCUT2D eigenvalue weighted by Crippen LogP contribution is -2.27. The fourth-order valence-electron chi connectivity index (χ4n) is 3.83. The van der Waals surface area contributed by atoms with E-state index in [0.717, 1.165) is 28.9 Å². The molecule has 0 bridgehead atoms. The minimum absolute atomic E-state index is 0.0686. The smallest absolute Gasteiger partial charge is 0.259 e. The number of anilines is 1. The van der Waals surface area contributed by atoms with Crippen LogP contribution in [-0.4, -0.2) is 34.7 Å². The van der Waals surface area contributed by atoms with Gasteiger partial charge in [0.25, 0.3) is 5.91 Å². The van der Waals surface area contributed by atoms with Crippen LogP contribution in [0.1, 0.15) is 57.2 Å². The summed E-state index contributed by atoms with van der Waals surface area (Å²) in [5.74, 6) is -0.0778. The third-order valence-electron chi connectivity index (χ3n) is 5.93. The van der Waals surface area contributed by atoms with Crippen molar-refractivity contribution in [1.29, 1.82) is 5.26 Å². The molecule has 1 aliphatic rings. The van der Waals surface area contributed by atoms with Crippen molar-refractivity contribution in [2.24, 2.45) is 0 Å². The molecule has 0 unspecified atom stereocenters. The van der Waals surface area contributed by atoms with Crippen LogP contribution in [0.3, 0.4) is 0 Å². The van der Waals surface area contributed by atoms with Crippen LogP contribution in [0.25, 0.3) is 0 Å². The molecule has 0 N–H and O–H groups in total. The van der Waals surface area contributed by atoms with Gasteiger partial charge in [-0.2, -0.15) is 5.26 Å². The predicted octanol–water partition coefficient (Wildman–Crippen LogP) is 4.60. The molecule has 6 nitrogen and oxygen atoms in total. The van der Waals surface area contributed by atoms with Crippen LogP contribution in [0.15, 0.2) is 67.0 Å². The lowest BCUT2D eigenvalue weighted by atomic mass is 10.1. The largest absolute Gasteiger partial charge is 0.311 e. The van der Waals surface area contributed by atoms with Crippen molar-refractivity contribution in [3.05, 3.63) is 94.8 Å². The topological polar surface area (TPSA) is 77.3 Å². The molecular formula is C27H26N4O2. The number of ketones is 1. The van der Waals surface area contributed by atoms with Gasteiger partial charge in [0.1, 0.15) is 0 Å². The summed E-state index contributed by atoms with van der Waals surface area (Å²) in [6.07, 6.45) is 5.73. The Morgan fingerprint density at radius 3 is 2.24 bits per heavy atom. The molecule has 0 spiro atoms. The van der Waals surface area contributed by atoms with E-state index in [4.69, 9.17) is 5.26 Å². The minimum Gasteiger partial charge on any atom is -0.311 e. The first-order chi connectivity index (χ1) is 15.9. The number of nitriles is 1. The van der Waals surface area contributed by atoms with E-state index in [-0.39, 0.29) is 11.7 Å². The van der Waals surface area contributed by atoms with Gasteiger partial charge in [0.15, 0.2) is 5.78 Å². The predicted molar refractivity (Wildman–Crippen MR) is 127 cm³/mol. The molecule has 0 aliphatic heterocycles.